The van der Waals surface area contributed by atoms with Crippen LogP contribution in [0, 0.1) is 0 Å². The number of anilines is 1. The van der Waals surface area contributed by atoms with E-state index in [1.165, 1.54) is 9.58 Å². The normalized spacial score (nSPS) is 13.4. The first-order valence-electron chi connectivity index (χ1n) is 10.4. The van der Waals surface area contributed by atoms with Crippen molar-refractivity contribution in [3.05, 3.63) is 65.6 Å². The second kappa shape index (κ2) is 8.33. The zero-order valence-electron chi connectivity index (χ0n) is 18.2. The average molecular weight is 432 g/mol. The van der Waals surface area contributed by atoms with Gasteiger partial charge in [-0.15, -0.1) is 0 Å². The number of imide groups is 1. The van der Waals surface area contributed by atoms with Gasteiger partial charge in [0.25, 0.3) is 17.8 Å². The first kappa shape index (κ1) is 21.4. The Morgan fingerprint density at radius 3 is 2.22 bits per heavy atom. The Kier molecular flexibility index (Phi) is 5.56. The van der Waals surface area contributed by atoms with Crippen LogP contribution in [-0.2, 0) is 10.2 Å². The van der Waals surface area contributed by atoms with Crippen molar-refractivity contribution in [3.8, 4) is 5.95 Å². The lowest BCUT2D eigenvalue weighted by molar-refractivity contribution is -0.116. The highest BCUT2D eigenvalue weighted by Crippen LogP contribution is 2.26. The zero-order chi connectivity index (χ0) is 22.9. The van der Waals surface area contributed by atoms with Crippen molar-refractivity contribution in [1.29, 1.82) is 0 Å². The van der Waals surface area contributed by atoms with Gasteiger partial charge < -0.3 is 5.32 Å². The Morgan fingerprint density at radius 1 is 1.00 bits per heavy atom. The van der Waals surface area contributed by atoms with Gasteiger partial charge in [-0.05, 0) is 24.6 Å². The van der Waals surface area contributed by atoms with Crippen molar-refractivity contribution in [2.24, 2.45) is 0 Å². The van der Waals surface area contributed by atoms with E-state index in [1.54, 1.807) is 48.8 Å². The molecule has 0 saturated carbocycles. The van der Waals surface area contributed by atoms with E-state index in [9.17, 15) is 14.4 Å². The standard InChI is InChI=1S/C23H24N6O3/c1-23(2,3)17-14-18(29(27-17)22-24-11-7-12-25-22)26-19(30)10-6-13-28-20(31)15-8-4-5-9-16(15)21(28)32/h4-5,7-9,11-12,14H,6,10,13H2,1-3H3,(H,26,30). The van der Waals surface area contributed by atoms with Crippen LogP contribution in [0.1, 0.15) is 60.0 Å². The third-order valence-corrected chi connectivity index (χ3v) is 5.15. The second-order valence-corrected chi connectivity index (χ2v) is 8.58. The molecule has 1 aliphatic rings. The molecule has 0 unspecified atom stereocenters. The number of hydrogen-bond acceptors (Lipinski definition) is 6. The smallest absolute Gasteiger partial charge is 0.261 e. The number of hydrogen-bond donors (Lipinski definition) is 1. The predicted octanol–water partition coefficient (Wildman–Crippen LogP) is 2.97. The van der Waals surface area contributed by atoms with Crippen LogP contribution in [0.2, 0.25) is 0 Å². The highest BCUT2D eigenvalue weighted by atomic mass is 16.2. The van der Waals surface area contributed by atoms with Crippen molar-refractivity contribution in [3.63, 3.8) is 0 Å². The molecule has 0 saturated heterocycles. The minimum Gasteiger partial charge on any atom is -0.310 e. The topological polar surface area (TPSA) is 110 Å². The van der Waals surface area contributed by atoms with Crippen molar-refractivity contribution >= 4 is 23.5 Å². The molecule has 1 aliphatic heterocycles. The average Bonchev–Trinajstić information content (AvgIpc) is 3.30. The molecular weight excluding hydrogens is 408 g/mol. The van der Waals surface area contributed by atoms with Gasteiger partial charge in [0.1, 0.15) is 5.82 Å². The third kappa shape index (κ3) is 4.14. The molecule has 9 heteroatoms. The van der Waals surface area contributed by atoms with E-state index in [1.807, 2.05) is 20.8 Å². The lowest BCUT2D eigenvalue weighted by Gasteiger charge is -2.13. The van der Waals surface area contributed by atoms with Crippen LogP contribution in [0.4, 0.5) is 5.82 Å². The third-order valence-electron chi connectivity index (χ3n) is 5.15. The number of fused-ring (bicyclic) bond motifs is 1. The second-order valence-electron chi connectivity index (χ2n) is 8.58. The maximum absolute atomic E-state index is 12.6. The first-order chi connectivity index (χ1) is 15.3. The number of aromatic nitrogens is 4. The molecule has 3 aromatic rings. The molecule has 1 aromatic carbocycles. The summed E-state index contributed by atoms with van der Waals surface area (Å²) in [5.41, 5.74) is 1.36. The molecule has 3 amide bonds. The molecule has 1 N–H and O–H groups in total. The molecule has 0 fully saturated rings. The van der Waals surface area contributed by atoms with Crippen LogP contribution < -0.4 is 5.32 Å². The highest BCUT2D eigenvalue weighted by molar-refractivity contribution is 6.21. The summed E-state index contributed by atoms with van der Waals surface area (Å²) in [5, 5.41) is 7.43. The summed E-state index contributed by atoms with van der Waals surface area (Å²) in [6, 6.07) is 10.2. The summed E-state index contributed by atoms with van der Waals surface area (Å²) in [5.74, 6) is -0.0735. The summed E-state index contributed by atoms with van der Waals surface area (Å²) in [4.78, 5) is 47.2. The largest absolute Gasteiger partial charge is 0.310 e. The minimum absolute atomic E-state index is 0.138. The van der Waals surface area contributed by atoms with Crippen LogP contribution in [0.5, 0.6) is 0 Å². The molecule has 3 heterocycles. The number of nitrogens with zero attached hydrogens (tertiary/aromatic N) is 5. The van der Waals surface area contributed by atoms with Gasteiger partial charge in [-0.25, -0.2) is 9.97 Å². The SMILES string of the molecule is CC(C)(C)c1cc(NC(=O)CCCN2C(=O)c3ccccc3C2=O)n(-c2ncccn2)n1. The van der Waals surface area contributed by atoms with Crippen LogP contribution in [0.3, 0.4) is 0 Å². The fourth-order valence-electron chi connectivity index (χ4n) is 3.44. The van der Waals surface area contributed by atoms with E-state index in [0.717, 1.165) is 5.69 Å². The number of carbonyl (C=O) groups excluding carboxylic acids is 3. The molecule has 4 rings (SSSR count). The lowest BCUT2D eigenvalue weighted by Crippen LogP contribution is -2.31. The van der Waals surface area contributed by atoms with Gasteiger partial charge in [-0.3, -0.25) is 19.3 Å². The summed E-state index contributed by atoms with van der Waals surface area (Å²) in [6.45, 7) is 6.26. The maximum Gasteiger partial charge on any atom is 0.261 e. The summed E-state index contributed by atoms with van der Waals surface area (Å²) < 4.78 is 1.50. The van der Waals surface area contributed by atoms with E-state index in [-0.39, 0.29) is 36.1 Å². The molecular formula is C23H24N6O3. The monoisotopic (exact) mass is 432 g/mol. The summed E-state index contributed by atoms with van der Waals surface area (Å²) in [6.07, 6.45) is 3.70. The van der Waals surface area contributed by atoms with Gasteiger partial charge in [0.05, 0.1) is 16.8 Å². The lowest BCUT2D eigenvalue weighted by atomic mass is 9.92. The first-order valence-corrected chi connectivity index (χ1v) is 10.4. The highest BCUT2D eigenvalue weighted by Gasteiger charge is 2.34. The molecule has 164 valence electrons. The number of benzene rings is 1. The number of carbonyl (C=O) groups is 3. The van der Waals surface area contributed by atoms with Gasteiger partial charge in [0.15, 0.2) is 0 Å². The Labute approximate surface area is 185 Å². The van der Waals surface area contributed by atoms with E-state index in [4.69, 9.17) is 0 Å². The number of amides is 3. The van der Waals surface area contributed by atoms with Gasteiger partial charge in [-0.2, -0.15) is 9.78 Å². The molecule has 0 spiro atoms. The summed E-state index contributed by atoms with van der Waals surface area (Å²) in [7, 11) is 0. The minimum atomic E-state index is -0.319. The van der Waals surface area contributed by atoms with Crippen molar-refractivity contribution in [2.45, 2.75) is 39.0 Å². The fourth-order valence-corrected chi connectivity index (χ4v) is 3.44. The van der Waals surface area contributed by atoms with Gasteiger partial charge in [0.2, 0.25) is 5.91 Å². The quantitative estimate of drug-likeness (QED) is 0.600. The molecule has 0 aliphatic carbocycles. The van der Waals surface area contributed by atoms with Crippen LogP contribution in [0.25, 0.3) is 5.95 Å². The van der Waals surface area contributed by atoms with Crippen molar-refractivity contribution in [2.75, 3.05) is 11.9 Å². The zero-order valence-corrected chi connectivity index (χ0v) is 18.2. The number of nitrogens with one attached hydrogen (secondary N) is 1. The fraction of sp³-hybridized carbons (Fsp3) is 0.304. The number of rotatable bonds is 6. The van der Waals surface area contributed by atoms with Crippen molar-refractivity contribution in [1.82, 2.24) is 24.6 Å². The summed E-state index contributed by atoms with van der Waals surface area (Å²) >= 11 is 0. The molecule has 2 aromatic heterocycles. The Hall–Kier alpha value is -3.88. The van der Waals surface area contributed by atoms with Crippen molar-refractivity contribution < 1.29 is 14.4 Å². The van der Waals surface area contributed by atoms with Crippen LogP contribution in [-0.4, -0.2) is 48.9 Å². The van der Waals surface area contributed by atoms with E-state index in [0.29, 0.717) is 29.3 Å². The predicted molar refractivity (Wildman–Crippen MR) is 118 cm³/mol. The van der Waals surface area contributed by atoms with E-state index < -0.39 is 0 Å². The molecule has 32 heavy (non-hydrogen) atoms. The van der Waals surface area contributed by atoms with Gasteiger partial charge >= 0.3 is 0 Å². The van der Waals surface area contributed by atoms with Crippen LogP contribution >= 0.6 is 0 Å². The van der Waals surface area contributed by atoms with Gasteiger partial charge in [-0.1, -0.05) is 32.9 Å². The van der Waals surface area contributed by atoms with E-state index >= 15 is 0 Å². The molecule has 0 bridgehead atoms. The maximum atomic E-state index is 12.6. The molecule has 9 nitrogen and oxygen atoms in total. The van der Waals surface area contributed by atoms with Crippen LogP contribution in [0.15, 0.2) is 48.8 Å². The Balaban J connectivity index is 1.42. The Morgan fingerprint density at radius 2 is 1.62 bits per heavy atom. The van der Waals surface area contributed by atoms with Gasteiger partial charge in [0, 0.05) is 36.8 Å². The molecule has 0 atom stereocenters. The molecule has 0 radical (unpaired) electrons. The Bertz CT molecular complexity index is 1140. The van der Waals surface area contributed by atoms with E-state index in [2.05, 4.69) is 20.4 Å².